The molecule has 2 amide bonds. The Morgan fingerprint density at radius 3 is 2.36 bits per heavy atom. The Labute approximate surface area is 84.2 Å². The minimum Gasteiger partial charge on any atom is -0.296 e. The lowest BCUT2D eigenvalue weighted by Crippen LogP contribution is -2.34. The Kier molecular flexibility index (Phi) is 1.79. The number of nitrogens with one attached hydrogen (secondary N) is 1. The molecule has 0 radical (unpaired) electrons. The summed E-state index contributed by atoms with van der Waals surface area (Å²) in [5.74, 6) is 0.184. The quantitative estimate of drug-likeness (QED) is 0.595. The highest BCUT2D eigenvalue weighted by Gasteiger charge is 2.57. The van der Waals surface area contributed by atoms with Crippen LogP contribution in [0.2, 0.25) is 0 Å². The van der Waals surface area contributed by atoms with Gasteiger partial charge < -0.3 is 0 Å². The predicted octanol–water partition coefficient (Wildman–Crippen LogP) is 1.48. The maximum absolute atomic E-state index is 11.8. The molecule has 1 aliphatic carbocycles. The summed E-state index contributed by atoms with van der Waals surface area (Å²) in [6, 6.07) is 0. The molecule has 1 heterocycles. The van der Waals surface area contributed by atoms with Gasteiger partial charge in [-0.05, 0) is 24.2 Å². The summed E-state index contributed by atoms with van der Waals surface area (Å²) in [6.07, 6.45) is 2.28. The molecule has 2 fully saturated rings. The average molecular weight is 195 g/mol. The van der Waals surface area contributed by atoms with Gasteiger partial charge in [-0.15, -0.1) is 0 Å². The monoisotopic (exact) mass is 195 g/mol. The molecule has 0 bridgehead atoms. The summed E-state index contributed by atoms with van der Waals surface area (Å²) in [6.45, 7) is 6.44. The van der Waals surface area contributed by atoms with Crippen LogP contribution in [0.15, 0.2) is 0 Å². The lowest BCUT2D eigenvalue weighted by Gasteiger charge is -2.24. The molecule has 2 unspecified atom stereocenters. The molecule has 78 valence electrons. The third-order valence-electron chi connectivity index (χ3n) is 3.78. The van der Waals surface area contributed by atoms with Crippen LogP contribution in [0.5, 0.6) is 0 Å². The molecule has 3 heteroatoms. The van der Waals surface area contributed by atoms with Crippen LogP contribution in [0.4, 0.5) is 0 Å². The standard InChI is InChI=1S/C11H17NO2/c1-7-4-10(2,3)6-11(7)5-8(13)12-9(11)14/h7H,4-6H2,1-3H3,(H,12,13,14). The molecule has 14 heavy (non-hydrogen) atoms. The molecule has 2 atom stereocenters. The molecule has 0 aromatic carbocycles. The molecular weight excluding hydrogens is 178 g/mol. The van der Waals surface area contributed by atoms with Crippen molar-refractivity contribution in [2.24, 2.45) is 16.7 Å². The number of hydrogen-bond acceptors (Lipinski definition) is 2. The van der Waals surface area contributed by atoms with Crippen LogP contribution in [-0.4, -0.2) is 11.8 Å². The van der Waals surface area contributed by atoms with Crippen molar-refractivity contribution in [1.29, 1.82) is 0 Å². The van der Waals surface area contributed by atoms with E-state index >= 15 is 0 Å². The first kappa shape index (κ1) is 9.69. The van der Waals surface area contributed by atoms with E-state index < -0.39 is 0 Å². The maximum Gasteiger partial charge on any atom is 0.233 e. The Bertz CT molecular complexity index is 308. The first-order valence-corrected chi connectivity index (χ1v) is 5.20. The third-order valence-corrected chi connectivity index (χ3v) is 3.78. The maximum atomic E-state index is 11.8. The van der Waals surface area contributed by atoms with E-state index in [9.17, 15) is 9.59 Å². The first-order chi connectivity index (χ1) is 6.36. The fourth-order valence-corrected chi connectivity index (χ4v) is 3.33. The molecule has 0 aromatic heterocycles. The van der Waals surface area contributed by atoms with Crippen molar-refractivity contribution in [3.8, 4) is 0 Å². The SMILES string of the molecule is CC1CC(C)(C)CC12CC(=O)NC2=O. The van der Waals surface area contributed by atoms with Crippen LogP contribution < -0.4 is 5.32 Å². The Morgan fingerprint density at radius 1 is 1.36 bits per heavy atom. The number of hydrogen-bond donors (Lipinski definition) is 1. The zero-order valence-corrected chi connectivity index (χ0v) is 9.02. The highest BCUT2D eigenvalue weighted by molar-refractivity contribution is 6.06. The molecule has 1 saturated heterocycles. The van der Waals surface area contributed by atoms with Gasteiger partial charge in [0.2, 0.25) is 11.8 Å². The fourth-order valence-electron chi connectivity index (χ4n) is 3.33. The minimum absolute atomic E-state index is 0.0411. The van der Waals surface area contributed by atoms with E-state index in [1.807, 2.05) is 0 Å². The van der Waals surface area contributed by atoms with Crippen molar-refractivity contribution in [3.63, 3.8) is 0 Å². The highest BCUT2D eigenvalue weighted by atomic mass is 16.2. The molecular formula is C11H17NO2. The summed E-state index contributed by atoms with van der Waals surface area (Å²) in [4.78, 5) is 23.0. The highest BCUT2D eigenvalue weighted by Crippen LogP contribution is 2.56. The van der Waals surface area contributed by atoms with Crippen LogP contribution >= 0.6 is 0 Å². The van der Waals surface area contributed by atoms with Gasteiger partial charge in [0.05, 0.1) is 5.41 Å². The van der Waals surface area contributed by atoms with Gasteiger partial charge in [-0.3, -0.25) is 14.9 Å². The summed E-state index contributed by atoms with van der Waals surface area (Å²) in [7, 11) is 0. The van der Waals surface area contributed by atoms with E-state index in [1.165, 1.54) is 0 Å². The van der Waals surface area contributed by atoms with Crippen LogP contribution in [-0.2, 0) is 9.59 Å². The zero-order valence-electron chi connectivity index (χ0n) is 9.02. The average Bonchev–Trinajstić information content (AvgIpc) is 2.35. The number of carbonyl (C=O) groups excluding carboxylic acids is 2. The van der Waals surface area contributed by atoms with E-state index in [1.54, 1.807) is 0 Å². The van der Waals surface area contributed by atoms with Gasteiger partial charge in [-0.2, -0.15) is 0 Å². The lowest BCUT2D eigenvalue weighted by molar-refractivity contribution is -0.129. The number of imide groups is 1. The molecule has 3 nitrogen and oxygen atoms in total. The van der Waals surface area contributed by atoms with Crippen molar-refractivity contribution in [2.75, 3.05) is 0 Å². The Morgan fingerprint density at radius 2 is 2.00 bits per heavy atom. The van der Waals surface area contributed by atoms with Gasteiger partial charge in [0.25, 0.3) is 0 Å². The molecule has 1 spiro atoms. The van der Waals surface area contributed by atoms with Crippen molar-refractivity contribution >= 4 is 11.8 Å². The summed E-state index contributed by atoms with van der Waals surface area (Å²) in [5, 5.41) is 2.44. The Balaban J connectivity index is 2.33. The minimum atomic E-state index is -0.388. The van der Waals surface area contributed by atoms with Crippen molar-refractivity contribution in [3.05, 3.63) is 0 Å². The van der Waals surface area contributed by atoms with E-state index in [0.717, 1.165) is 12.8 Å². The van der Waals surface area contributed by atoms with Gasteiger partial charge in [0.1, 0.15) is 0 Å². The van der Waals surface area contributed by atoms with Gasteiger partial charge in [-0.25, -0.2) is 0 Å². The summed E-state index contributed by atoms with van der Waals surface area (Å²) >= 11 is 0. The van der Waals surface area contributed by atoms with Gasteiger partial charge in [-0.1, -0.05) is 20.8 Å². The molecule has 1 saturated carbocycles. The normalized spacial score (nSPS) is 40.6. The second-order valence-electron chi connectivity index (χ2n) is 5.66. The molecule has 0 aromatic rings. The molecule has 1 N–H and O–H groups in total. The second-order valence-corrected chi connectivity index (χ2v) is 5.66. The number of carbonyl (C=O) groups is 2. The van der Waals surface area contributed by atoms with Gasteiger partial charge >= 0.3 is 0 Å². The van der Waals surface area contributed by atoms with Crippen LogP contribution in [0.3, 0.4) is 0 Å². The van der Waals surface area contributed by atoms with Crippen LogP contribution in [0, 0.1) is 16.7 Å². The fraction of sp³-hybridized carbons (Fsp3) is 0.818. The van der Waals surface area contributed by atoms with E-state index in [4.69, 9.17) is 0 Å². The van der Waals surface area contributed by atoms with E-state index in [2.05, 4.69) is 26.1 Å². The largest absolute Gasteiger partial charge is 0.296 e. The summed E-state index contributed by atoms with van der Waals surface area (Å²) < 4.78 is 0. The lowest BCUT2D eigenvalue weighted by atomic mass is 9.76. The molecule has 2 rings (SSSR count). The number of amides is 2. The van der Waals surface area contributed by atoms with Crippen molar-refractivity contribution in [1.82, 2.24) is 5.32 Å². The van der Waals surface area contributed by atoms with Crippen molar-refractivity contribution < 1.29 is 9.59 Å². The Hall–Kier alpha value is -0.860. The topological polar surface area (TPSA) is 46.2 Å². The predicted molar refractivity (Wildman–Crippen MR) is 52.4 cm³/mol. The third kappa shape index (κ3) is 1.18. The van der Waals surface area contributed by atoms with Gasteiger partial charge in [0.15, 0.2) is 0 Å². The van der Waals surface area contributed by atoms with Gasteiger partial charge in [0, 0.05) is 6.42 Å². The first-order valence-electron chi connectivity index (χ1n) is 5.20. The van der Waals surface area contributed by atoms with Crippen molar-refractivity contribution in [2.45, 2.75) is 40.0 Å². The molecule has 1 aliphatic heterocycles. The zero-order chi connectivity index (χ0) is 10.6. The van der Waals surface area contributed by atoms with E-state index in [0.29, 0.717) is 12.3 Å². The van der Waals surface area contributed by atoms with E-state index in [-0.39, 0.29) is 22.6 Å². The summed E-state index contributed by atoms with van der Waals surface area (Å²) in [5.41, 5.74) is -0.193. The van der Waals surface area contributed by atoms with Crippen LogP contribution in [0.1, 0.15) is 40.0 Å². The smallest absolute Gasteiger partial charge is 0.233 e. The molecule has 2 aliphatic rings. The number of rotatable bonds is 0. The van der Waals surface area contributed by atoms with Crippen LogP contribution in [0.25, 0.3) is 0 Å². The second kappa shape index (κ2) is 2.59.